The Morgan fingerprint density at radius 1 is 1.41 bits per heavy atom. The summed E-state index contributed by atoms with van der Waals surface area (Å²) in [7, 11) is 0. The van der Waals surface area contributed by atoms with E-state index >= 15 is 0 Å². The molecule has 1 heterocycles. The number of carbonyl (C=O) groups excluding carboxylic acids is 1. The highest BCUT2D eigenvalue weighted by atomic mass is 32.1. The van der Waals surface area contributed by atoms with Crippen LogP contribution in [0.15, 0.2) is 29.0 Å². The van der Waals surface area contributed by atoms with E-state index in [0.717, 1.165) is 18.5 Å². The summed E-state index contributed by atoms with van der Waals surface area (Å²) < 4.78 is 65.6. The monoisotopic (exact) mass is 435 g/mol. The number of hydrogen-bond acceptors (Lipinski definition) is 4. The van der Waals surface area contributed by atoms with Crippen LogP contribution in [0.4, 0.5) is 22.0 Å². The summed E-state index contributed by atoms with van der Waals surface area (Å²) in [5, 5.41) is 2.39. The zero-order valence-electron chi connectivity index (χ0n) is 14.8. The fraction of sp³-hybridized carbons (Fsp3) is 0.353. The molecule has 2 atom stereocenters. The van der Waals surface area contributed by atoms with Crippen molar-refractivity contribution in [3.63, 3.8) is 0 Å². The number of hydrogen-bond donors (Lipinski definition) is 2. The van der Waals surface area contributed by atoms with Gasteiger partial charge >= 0.3 is 17.3 Å². The third-order valence-corrected chi connectivity index (χ3v) is 5.25. The number of thiocarbonyl (C=S) groups is 1. The molecule has 0 aromatic heterocycles. The maximum atomic E-state index is 14.1. The molecular weight excluding hydrogens is 419 g/mol. The molecule has 0 saturated carbocycles. The smallest absolute Gasteiger partial charge is 0.390 e. The third kappa shape index (κ3) is 3.81. The highest BCUT2D eigenvalue weighted by Crippen LogP contribution is 2.38. The Morgan fingerprint density at radius 3 is 2.79 bits per heavy atom. The van der Waals surface area contributed by atoms with Crippen molar-refractivity contribution in [3.8, 4) is 0 Å². The van der Waals surface area contributed by atoms with E-state index in [0.29, 0.717) is 0 Å². The molecule has 1 aliphatic heterocycles. The van der Waals surface area contributed by atoms with Crippen molar-refractivity contribution in [2.75, 3.05) is 6.54 Å². The van der Waals surface area contributed by atoms with Crippen molar-refractivity contribution in [1.82, 2.24) is 5.32 Å². The van der Waals surface area contributed by atoms with Gasteiger partial charge in [-0.2, -0.15) is 13.2 Å². The first-order valence-corrected chi connectivity index (χ1v) is 8.87. The lowest BCUT2D eigenvalue weighted by Gasteiger charge is -2.39. The Bertz CT molecular complexity index is 918. The van der Waals surface area contributed by atoms with Crippen molar-refractivity contribution in [2.45, 2.75) is 31.5 Å². The Morgan fingerprint density at radius 2 is 2.14 bits per heavy atom. The second-order valence-electron chi connectivity index (χ2n) is 6.53. The zero-order chi connectivity index (χ0) is 21.4. The van der Waals surface area contributed by atoms with Crippen molar-refractivity contribution in [3.05, 3.63) is 46.8 Å². The summed E-state index contributed by atoms with van der Waals surface area (Å²) in [6.07, 6.45) is -2.86. The van der Waals surface area contributed by atoms with Crippen molar-refractivity contribution < 1.29 is 36.2 Å². The van der Waals surface area contributed by atoms with Gasteiger partial charge in [-0.15, -0.1) is 0 Å². The molecule has 0 radical (unpaired) electrons. The number of benzene rings is 1. The summed E-state index contributed by atoms with van der Waals surface area (Å²) in [6, 6.07) is 1.01. The highest BCUT2D eigenvalue weighted by molar-refractivity contribution is 7.80. The van der Waals surface area contributed by atoms with Crippen LogP contribution in [0.2, 0.25) is 0 Å². The first-order valence-electron chi connectivity index (χ1n) is 8.46. The molecule has 29 heavy (non-hydrogen) atoms. The minimum absolute atomic E-state index is 0.0688. The van der Waals surface area contributed by atoms with Gasteiger partial charge in [-0.1, -0.05) is 0 Å². The highest BCUT2D eigenvalue weighted by Gasteiger charge is 2.58. The Labute approximate surface area is 167 Å². The molecule has 0 fully saturated rings. The van der Waals surface area contributed by atoms with E-state index in [-0.39, 0.29) is 47.7 Å². The number of nitrogens with zero attached hydrogens (tertiary/aromatic N) is 2. The van der Waals surface area contributed by atoms with E-state index in [1.807, 2.05) is 0 Å². The lowest BCUT2D eigenvalue weighted by atomic mass is 9.86. The molecule has 6 nitrogen and oxygen atoms in total. The molecule has 0 amide bonds. The van der Waals surface area contributed by atoms with Gasteiger partial charge in [0.25, 0.3) is 0 Å². The van der Waals surface area contributed by atoms with E-state index in [4.69, 9.17) is 22.8 Å². The maximum absolute atomic E-state index is 14.1. The standard InChI is InChI=1S/C17H15F5N4O2S/c18-10-3-9-4-11(1-2-13(9)14(19)5-10)26(28-15(27)17(20,21)22)12(6-24-8-23)7-25-16(26)29/h3,5,7-8,11H,1-2,4,6H2,(H2-,23,24,25,29)/p+1/t11?,26-/m0/s1. The molecule has 0 bridgehead atoms. The van der Waals surface area contributed by atoms with Crippen LogP contribution in [0.1, 0.15) is 17.5 Å². The van der Waals surface area contributed by atoms with E-state index in [2.05, 4.69) is 10.3 Å². The van der Waals surface area contributed by atoms with Gasteiger partial charge in [0.2, 0.25) is 0 Å². The zero-order valence-corrected chi connectivity index (χ0v) is 15.6. The summed E-state index contributed by atoms with van der Waals surface area (Å²) in [5.74, 6) is -3.99. The summed E-state index contributed by atoms with van der Waals surface area (Å²) in [4.78, 5) is 20.4. The Hall–Kier alpha value is -2.60. The van der Waals surface area contributed by atoms with Crippen LogP contribution in [0.5, 0.6) is 0 Å². The van der Waals surface area contributed by atoms with Gasteiger partial charge in [0.15, 0.2) is 5.70 Å². The molecule has 1 aromatic carbocycles. The molecule has 156 valence electrons. The fourth-order valence-corrected chi connectivity index (χ4v) is 3.98. The van der Waals surface area contributed by atoms with E-state index in [9.17, 15) is 26.7 Å². The number of fused-ring (bicyclic) bond motifs is 1. The quantitative estimate of drug-likeness (QED) is 0.250. The van der Waals surface area contributed by atoms with Crippen molar-refractivity contribution in [2.24, 2.45) is 10.7 Å². The van der Waals surface area contributed by atoms with Gasteiger partial charge in [-0.05, 0) is 28.3 Å². The minimum atomic E-state index is -5.27. The molecular formula is C17H16F5N4O2S+. The lowest BCUT2D eigenvalue weighted by molar-refractivity contribution is -1.00. The number of hydroxylamine groups is 3. The Balaban J connectivity index is 2.05. The van der Waals surface area contributed by atoms with Gasteiger partial charge in [-0.3, -0.25) is 15.1 Å². The summed E-state index contributed by atoms with van der Waals surface area (Å²) in [6.45, 7) is -0.199. The number of aliphatic imine (C=N–C) groups is 1. The Kier molecular flexibility index (Phi) is 5.59. The number of quaternary nitrogens is 1. The molecule has 3 rings (SSSR count). The van der Waals surface area contributed by atoms with Gasteiger partial charge < -0.3 is 5.73 Å². The first kappa shape index (κ1) is 21.1. The molecule has 0 spiro atoms. The molecule has 0 saturated heterocycles. The third-order valence-electron chi connectivity index (χ3n) is 4.86. The van der Waals surface area contributed by atoms with Crippen LogP contribution in [0, 0.1) is 11.6 Å². The number of nitrogens with one attached hydrogen (secondary N) is 1. The molecule has 12 heteroatoms. The van der Waals surface area contributed by atoms with Crippen LogP contribution < -0.4 is 11.1 Å². The fourth-order valence-electron chi connectivity index (χ4n) is 3.62. The second kappa shape index (κ2) is 7.67. The summed E-state index contributed by atoms with van der Waals surface area (Å²) >= 11 is 5.19. The SMILES string of the molecule is NC=NCC1=CNC(=S)[N@+]1(OC(=O)C(F)(F)F)C1CCc2c(F)cc(F)cc2C1. The van der Waals surface area contributed by atoms with E-state index in [1.165, 1.54) is 6.20 Å². The lowest BCUT2D eigenvalue weighted by Crippen LogP contribution is -2.61. The van der Waals surface area contributed by atoms with Gasteiger partial charge in [0, 0.05) is 31.1 Å². The number of nitrogens with two attached hydrogens (primary N) is 1. The van der Waals surface area contributed by atoms with Crippen LogP contribution in [-0.2, 0) is 22.5 Å². The van der Waals surface area contributed by atoms with Crippen LogP contribution >= 0.6 is 12.2 Å². The predicted octanol–water partition coefficient (Wildman–Crippen LogP) is 2.38. The van der Waals surface area contributed by atoms with Crippen molar-refractivity contribution >= 4 is 29.6 Å². The molecule has 2 aliphatic rings. The van der Waals surface area contributed by atoms with Crippen LogP contribution in [0.3, 0.4) is 0 Å². The van der Waals surface area contributed by atoms with Crippen molar-refractivity contribution in [1.29, 1.82) is 0 Å². The van der Waals surface area contributed by atoms with Crippen LogP contribution in [0.25, 0.3) is 0 Å². The van der Waals surface area contributed by atoms with Gasteiger partial charge in [0.1, 0.15) is 24.2 Å². The minimum Gasteiger partial charge on any atom is -0.390 e. The molecule has 1 unspecified atom stereocenters. The number of halogens is 5. The van der Waals surface area contributed by atoms with Gasteiger partial charge in [0.05, 0.1) is 12.5 Å². The number of carbonyl (C=O) groups is 1. The topological polar surface area (TPSA) is 76.7 Å². The molecule has 1 aliphatic carbocycles. The number of rotatable bonds is 4. The molecule has 1 aromatic rings. The van der Waals surface area contributed by atoms with Gasteiger partial charge in [-0.25, -0.2) is 13.6 Å². The number of alkyl halides is 3. The first-order chi connectivity index (χ1) is 13.6. The van der Waals surface area contributed by atoms with E-state index < -0.39 is 34.5 Å². The average molecular weight is 435 g/mol. The second-order valence-corrected chi connectivity index (χ2v) is 6.92. The predicted molar refractivity (Wildman–Crippen MR) is 95.9 cm³/mol. The average Bonchev–Trinajstić information content (AvgIpc) is 2.95. The van der Waals surface area contributed by atoms with Crippen LogP contribution in [-0.4, -0.2) is 40.8 Å². The summed E-state index contributed by atoms with van der Waals surface area (Å²) in [5.41, 5.74) is 5.88. The normalized spacial score (nSPS) is 24.2. The molecule has 3 N–H and O–H groups in total. The largest absolute Gasteiger partial charge is 0.497 e. The van der Waals surface area contributed by atoms with E-state index in [1.54, 1.807) is 0 Å². The maximum Gasteiger partial charge on any atom is 0.497 e.